The van der Waals surface area contributed by atoms with Crippen molar-refractivity contribution in [1.82, 2.24) is 0 Å². The molecule has 0 unspecified atom stereocenters. The van der Waals surface area contributed by atoms with Crippen LogP contribution in [0.4, 0.5) is 5.69 Å². The minimum atomic E-state index is -0.105. The molecule has 3 heteroatoms. The first-order valence-electron chi connectivity index (χ1n) is 4.63. The van der Waals surface area contributed by atoms with Gasteiger partial charge in [0.1, 0.15) is 0 Å². The third kappa shape index (κ3) is 3.36. The number of benzene rings is 1. The van der Waals surface area contributed by atoms with Gasteiger partial charge < -0.3 is 10.4 Å². The third-order valence-electron chi connectivity index (χ3n) is 1.87. The summed E-state index contributed by atoms with van der Waals surface area (Å²) in [6, 6.07) is 7.02. The van der Waals surface area contributed by atoms with E-state index in [9.17, 15) is 5.21 Å². The Morgan fingerprint density at radius 3 is 2.50 bits per heavy atom. The van der Waals surface area contributed by atoms with Crippen LogP contribution in [-0.4, -0.2) is 5.21 Å². The monoisotopic (exact) mass is 194 g/mol. The molecular formula is C11H16NO2-. The molecule has 1 aromatic rings. The zero-order valence-corrected chi connectivity index (χ0v) is 8.82. The molecule has 1 N–H and O–H groups in total. The lowest BCUT2D eigenvalue weighted by Crippen LogP contribution is -2.11. The van der Waals surface area contributed by atoms with E-state index in [1.54, 1.807) is 18.2 Å². The van der Waals surface area contributed by atoms with Gasteiger partial charge in [0, 0.05) is 0 Å². The Labute approximate surface area is 84.5 Å². The van der Waals surface area contributed by atoms with E-state index in [1.807, 2.05) is 6.07 Å². The van der Waals surface area contributed by atoms with Gasteiger partial charge in [0.15, 0.2) is 0 Å². The lowest BCUT2D eigenvalue weighted by Gasteiger charge is -2.23. The Kier molecular flexibility index (Phi) is 3.13. The summed E-state index contributed by atoms with van der Waals surface area (Å²) in [4.78, 5) is 0. The molecule has 3 nitrogen and oxygen atoms in total. The van der Waals surface area contributed by atoms with E-state index in [4.69, 9.17) is 5.21 Å². The highest BCUT2D eigenvalue weighted by Gasteiger charge is 2.11. The van der Waals surface area contributed by atoms with E-state index in [2.05, 4.69) is 20.8 Å². The van der Waals surface area contributed by atoms with Gasteiger partial charge in [-0.1, -0.05) is 32.9 Å². The first kappa shape index (κ1) is 11.0. The van der Waals surface area contributed by atoms with Crippen LogP contribution in [0.1, 0.15) is 26.3 Å². The van der Waals surface area contributed by atoms with Crippen molar-refractivity contribution >= 4 is 5.69 Å². The molecule has 0 heterocycles. The van der Waals surface area contributed by atoms with Gasteiger partial charge in [-0.05, 0) is 29.5 Å². The molecule has 0 aromatic heterocycles. The Morgan fingerprint density at radius 2 is 2.00 bits per heavy atom. The first-order valence-corrected chi connectivity index (χ1v) is 4.63. The van der Waals surface area contributed by atoms with Gasteiger partial charge in [-0.3, -0.25) is 5.21 Å². The maximum atomic E-state index is 10.6. The van der Waals surface area contributed by atoms with Crippen molar-refractivity contribution in [2.45, 2.75) is 27.2 Å². The average molecular weight is 194 g/mol. The number of anilines is 1. The summed E-state index contributed by atoms with van der Waals surface area (Å²) in [5.74, 6) is 0. The molecular weight excluding hydrogens is 178 g/mol. The molecule has 0 atom stereocenters. The fourth-order valence-electron chi connectivity index (χ4n) is 1.40. The van der Waals surface area contributed by atoms with Crippen molar-refractivity contribution in [3.63, 3.8) is 0 Å². The van der Waals surface area contributed by atoms with E-state index in [0.717, 1.165) is 12.0 Å². The molecule has 0 saturated carbocycles. The normalized spacial score (nSPS) is 11.5. The van der Waals surface area contributed by atoms with Gasteiger partial charge in [0.25, 0.3) is 0 Å². The van der Waals surface area contributed by atoms with Gasteiger partial charge in [0.2, 0.25) is 0 Å². The van der Waals surface area contributed by atoms with Crippen LogP contribution in [0, 0.1) is 10.6 Å². The molecule has 0 aliphatic rings. The molecule has 1 aromatic carbocycles. The van der Waals surface area contributed by atoms with E-state index in [1.165, 1.54) is 0 Å². The Hall–Kier alpha value is -1.06. The summed E-state index contributed by atoms with van der Waals surface area (Å²) in [5, 5.41) is 19.3. The first-order chi connectivity index (χ1) is 6.38. The quantitative estimate of drug-likeness (QED) is 0.736. The van der Waals surface area contributed by atoms with Gasteiger partial charge in [-0.25, -0.2) is 0 Å². The highest BCUT2D eigenvalue weighted by Crippen LogP contribution is 2.23. The summed E-state index contributed by atoms with van der Waals surface area (Å²) in [7, 11) is 0. The maximum absolute atomic E-state index is 10.6. The van der Waals surface area contributed by atoms with Crippen LogP contribution < -0.4 is 5.23 Å². The van der Waals surface area contributed by atoms with E-state index < -0.39 is 0 Å². The smallest absolute Gasteiger partial charge is 0.0511 e. The van der Waals surface area contributed by atoms with Crippen molar-refractivity contribution in [2.75, 3.05) is 5.23 Å². The number of hydrogen-bond donors (Lipinski definition) is 1. The molecule has 0 saturated heterocycles. The lowest BCUT2D eigenvalue weighted by molar-refractivity contribution is 0.296. The van der Waals surface area contributed by atoms with Crippen LogP contribution in [-0.2, 0) is 6.42 Å². The zero-order chi connectivity index (χ0) is 10.8. The van der Waals surface area contributed by atoms with Crippen molar-refractivity contribution in [3.8, 4) is 0 Å². The minimum Gasteiger partial charge on any atom is -0.733 e. The van der Waals surface area contributed by atoms with Crippen molar-refractivity contribution in [1.29, 1.82) is 0 Å². The van der Waals surface area contributed by atoms with Gasteiger partial charge in [-0.15, -0.1) is 0 Å². The summed E-state index contributed by atoms with van der Waals surface area (Å²) < 4.78 is 0. The van der Waals surface area contributed by atoms with E-state index >= 15 is 0 Å². The molecule has 0 bridgehead atoms. The highest BCUT2D eigenvalue weighted by atomic mass is 16.8. The van der Waals surface area contributed by atoms with Gasteiger partial charge in [-0.2, -0.15) is 0 Å². The molecule has 0 aliphatic carbocycles. The largest absolute Gasteiger partial charge is 0.733 e. The van der Waals surface area contributed by atoms with Crippen molar-refractivity contribution in [3.05, 3.63) is 35.0 Å². The van der Waals surface area contributed by atoms with E-state index in [0.29, 0.717) is 0 Å². The molecule has 1 rings (SSSR count). The lowest BCUT2D eigenvalue weighted by atomic mass is 9.88. The highest BCUT2D eigenvalue weighted by molar-refractivity contribution is 5.46. The van der Waals surface area contributed by atoms with Gasteiger partial charge >= 0.3 is 0 Å². The van der Waals surface area contributed by atoms with E-state index in [-0.39, 0.29) is 16.3 Å². The molecule has 0 spiro atoms. The SMILES string of the molecule is CC(C)(C)Cc1cccc(N([O-])O)c1. The average Bonchev–Trinajstić information content (AvgIpc) is 2.01. The second-order valence-corrected chi connectivity index (χ2v) is 4.68. The predicted octanol–water partition coefficient (Wildman–Crippen LogP) is 2.97. The number of hydrogen-bond acceptors (Lipinski definition) is 3. The molecule has 0 fully saturated rings. The summed E-state index contributed by atoms with van der Waals surface area (Å²) >= 11 is 0. The molecule has 0 radical (unpaired) electrons. The third-order valence-corrected chi connectivity index (χ3v) is 1.87. The topological polar surface area (TPSA) is 46.5 Å². The second kappa shape index (κ2) is 3.98. The predicted molar refractivity (Wildman–Crippen MR) is 57.2 cm³/mol. The fraction of sp³-hybridized carbons (Fsp3) is 0.455. The van der Waals surface area contributed by atoms with Crippen LogP contribution in [0.25, 0.3) is 0 Å². The second-order valence-electron chi connectivity index (χ2n) is 4.68. The van der Waals surface area contributed by atoms with Crippen LogP contribution >= 0.6 is 0 Å². The zero-order valence-electron chi connectivity index (χ0n) is 8.82. The van der Waals surface area contributed by atoms with Crippen LogP contribution in [0.3, 0.4) is 0 Å². The Bertz CT molecular complexity index is 302. The molecule has 14 heavy (non-hydrogen) atoms. The maximum Gasteiger partial charge on any atom is 0.0511 e. The minimum absolute atomic E-state index is 0.105. The molecule has 78 valence electrons. The van der Waals surface area contributed by atoms with Crippen LogP contribution in [0.15, 0.2) is 24.3 Å². The number of rotatable bonds is 2. The number of nitrogens with zero attached hydrogens (tertiary/aromatic N) is 1. The fourth-order valence-corrected chi connectivity index (χ4v) is 1.40. The van der Waals surface area contributed by atoms with Crippen LogP contribution in [0.2, 0.25) is 0 Å². The standard InChI is InChI=1S/C11H16NO2/c1-11(2,3)8-9-5-4-6-10(7-9)12(13)14/h4-7,13H,8H2,1-3H3/q-1. The molecule has 0 amide bonds. The van der Waals surface area contributed by atoms with Gasteiger partial charge in [0.05, 0.1) is 5.69 Å². The van der Waals surface area contributed by atoms with Crippen molar-refractivity contribution in [2.24, 2.45) is 5.41 Å². The van der Waals surface area contributed by atoms with Crippen LogP contribution in [0.5, 0.6) is 0 Å². The molecule has 0 aliphatic heterocycles. The van der Waals surface area contributed by atoms with Crippen molar-refractivity contribution < 1.29 is 5.21 Å². The Morgan fingerprint density at radius 1 is 1.36 bits per heavy atom. The summed E-state index contributed by atoms with van der Waals surface area (Å²) in [5.41, 5.74) is 1.53. The summed E-state index contributed by atoms with van der Waals surface area (Å²) in [6.07, 6.45) is 0.884. The Balaban J connectivity index is 2.84. The summed E-state index contributed by atoms with van der Waals surface area (Å²) in [6.45, 7) is 6.40.